The quantitative estimate of drug-likeness (QED) is 0.494. The van der Waals surface area contributed by atoms with Crippen molar-refractivity contribution in [1.82, 2.24) is 0 Å². The van der Waals surface area contributed by atoms with E-state index in [1.54, 1.807) is 0 Å². The van der Waals surface area contributed by atoms with Gasteiger partial charge in [-0.3, -0.25) is 0 Å². The van der Waals surface area contributed by atoms with Crippen LogP contribution < -0.4 is 0 Å². The highest BCUT2D eigenvalue weighted by molar-refractivity contribution is 5.12. The molecule has 2 saturated heterocycles. The van der Waals surface area contributed by atoms with Crippen LogP contribution in [0.3, 0.4) is 0 Å². The van der Waals surface area contributed by atoms with E-state index >= 15 is 0 Å². The van der Waals surface area contributed by atoms with Crippen molar-refractivity contribution in [2.45, 2.75) is 32.2 Å². The van der Waals surface area contributed by atoms with Crippen LogP contribution in [0.25, 0.3) is 0 Å². The highest BCUT2D eigenvalue weighted by Crippen LogP contribution is 2.37. The second-order valence-electron chi connectivity index (χ2n) is 3.34. The third-order valence-corrected chi connectivity index (χ3v) is 2.61. The van der Waals surface area contributed by atoms with Crippen LogP contribution in [0.2, 0.25) is 0 Å². The lowest BCUT2D eigenvalue weighted by molar-refractivity contribution is -0.163. The van der Waals surface area contributed by atoms with Crippen LogP contribution in [-0.2, 0) is 9.47 Å². The molecule has 2 aliphatic heterocycles. The van der Waals surface area contributed by atoms with Crippen LogP contribution in [0, 0.1) is 5.92 Å². The number of hydrogen-bond acceptors (Lipinski definition) is 2. The van der Waals surface area contributed by atoms with Crippen LogP contribution >= 0.6 is 0 Å². The largest absolute Gasteiger partial charge is 0.352 e. The van der Waals surface area contributed by atoms with Gasteiger partial charge < -0.3 is 9.47 Å². The Morgan fingerprint density at radius 2 is 2.36 bits per heavy atom. The summed E-state index contributed by atoms with van der Waals surface area (Å²) in [4.78, 5) is 0. The van der Waals surface area contributed by atoms with E-state index in [1.807, 2.05) is 6.92 Å². The molecule has 0 amide bonds. The molecule has 0 N–H and O–H groups in total. The minimum Gasteiger partial charge on any atom is -0.352 e. The highest BCUT2D eigenvalue weighted by Gasteiger charge is 2.38. The molecule has 2 heteroatoms. The zero-order valence-corrected chi connectivity index (χ0v) is 6.88. The van der Waals surface area contributed by atoms with Gasteiger partial charge in [-0.05, 0) is 25.3 Å². The Morgan fingerprint density at radius 3 is 3.09 bits per heavy atom. The Labute approximate surface area is 67.2 Å². The van der Waals surface area contributed by atoms with Crippen molar-refractivity contribution in [3.05, 3.63) is 12.2 Å². The molecule has 2 heterocycles. The molecule has 62 valence electrons. The molecule has 2 nitrogen and oxygen atoms in total. The zero-order valence-electron chi connectivity index (χ0n) is 6.88. The van der Waals surface area contributed by atoms with E-state index in [2.05, 4.69) is 6.58 Å². The molecular formula is C9H14O2. The lowest BCUT2D eigenvalue weighted by Gasteiger charge is -2.24. The second-order valence-corrected chi connectivity index (χ2v) is 3.34. The predicted molar refractivity (Wildman–Crippen MR) is 42.2 cm³/mol. The molecule has 0 aromatic heterocycles. The summed E-state index contributed by atoms with van der Waals surface area (Å²) in [6, 6.07) is 0. The summed E-state index contributed by atoms with van der Waals surface area (Å²) in [5, 5.41) is 0. The SMILES string of the molecule is C=C1[C@H](C)O[C@H]2OCCC[C@@H]12. The first kappa shape index (κ1) is 7.32. The van der Waals surface area contributed by atoms with Gasteiger partial charge in [0.15, 0.2) is 6.29 Å². The van der Waals surface area contributed by atoms with Crippen molar-refractivity contribution in [3.63, 3.8) is 0 Å². The molecule has 2 rings (SSSR count). The normalized spacial score (nSPS) is 44.1. The second kappa shape index (κ2) is 2.61. The molecular weight excluding hydrogens is 140 g/mol. The molecule has 0 bridgehead atoms. The van der Waals surface area contributed by atoms with Gasteiger partial charge >= 0.3 is 0 Å². The van der Waals surface area contributed by atoms with Crippen molar-refractivity contribution >= 4 is 0 Å². The van der Waals surface area contributed by atoms with Gasteiger partial charge in [-0.2, -0.15) is 0 Å². The first-order valence-electron chi connectivity index (χ1n) is 4.25. The Hall–Kier alpha value is -0.340. The summed E-state index contributed by atoms with van der Waals surface area (Å²) in [5.74, 6) is 0.471. The summed E-state index contributed by atoms with van der Waals surface area (Å²) in [6.45, 7) is 6.91. The van der Waals surface area contributed by atoms with Gasteiger partial charge in [-0.25, -0.2) is 0 Å². The molecule has 0 radical (unpaired) electrons. The molecule has 0 spiro atoms. The monoisotopic (exact) mass is 154 g/mol. The lowest BCUT2D eigenvalue weighted by atomic mass is 9.93. The van der Waals surface area contributed by atoms with Gasteiger partial charge in [0.1, 0.15) is 0 Å². The minimum atomic E-state index is 0.0197. The number of hydrogen-bond donors (Lipinski definition) is 0. The fourth-order valence-electron chi connectivity index (χ4n) is 1.84. The van der Waals surface area contributed by atoms with Gasteiger partial charge in [0, 0.05) is 12.5 Å². The van der Waals surface area contributed by atoms with E-state index in [0.717, 1.165) is 13.0 Å². The molecule has 0 saturated carbocycles. The van der Waals surface area contributed by atoms with Crippen molar-refractivity contribution < 1.29 is 9.47 Å². The molecule has 2 fully saturated rings. The van der Waals surface area contributed by atoms with Crippen molar-refractivity contribution in [3.8, 4) is 0 Å². The van der Waals surface area contributed by atoms with E-state index < -0.39 is 0 Å². The summed E-state index contributed by atoms with van der Waals surface area (Å²) in [7, 11) is 0. The summed E-state index contributed by atoms with van der Waals surface area (Å²) in [5.41, 5.74) is 1.22. The molecule has 0 aromatic carbocycles. The van der Waals surface area contributed by atoms with E-state index in [9.17, 15) is 0 Å². The molecule has 0 unspecified atom stereocenters. The van der Waals surface area contributed by atoms with E-state index in [-0.39, 0.29) is 12.4 Å². The van der Waals surface area contributed by atoms with E-state index in [4.69, 9.17) is 9.47 Å². The van der Waals surface area contributed by atoms with Crippen molar-refractivity contribution in [2.24, 2.45) is 5.92 Å². The maximum Gasteiger partial charge on any atom is 0.164 e. The molecule has 2 aliphatic rings. The van der Waals surface area contributed by atoms with E-state index in [0.29, 0.717) is 5.92 Å². The Kier molecular flexibility index (Phi) is 1.74. The molecule has 0 aliphatic carbocycles. The topological polar surface area (TPSA) is 18.5 Å². The lowest BCUT2D eigenvalue weighted by Crippen LogP contribution is -2.26. The van der Waals surface area contributed by atoms with E-state index in [1.165, 1.54) is 12.0 Å². The van der Waals surface area contributed by atoms with Crippen molar-refractivity contribution in [1.29, 1.82) is 0 Å². The third kappa shape index (κ3) is 1.10. The van der Waals surface area contributed by atoms with Crippen LogP contribution in [0.5, 0.6) is 0 Å². The summed E-state index contributed by atoms with van der Waals surface area (Å²) < 4.78 is 11.0. The van der Waals surface area contributed by atoms with Gasteiger partial charge in [0.25, 0.3) is 0 Å². The van der Waals surface area contributed by atoms with Gasteiger partial charge in [0.05, 0.1) is 6.10 Å². The number of fused-ring (bicyclic) bond motifs is 1. The van der Waals surface area contributed by atoms with Crippen LogP contribution in [-0.4, -0.2) is 19.0 Å². The van der Waals surface area contributed by atoms with Gasteiger partial charge in [0.2, 0.25) is 0 Å². The first-order valence-corrected chi connectivity index (χ1v) is 4.25. The fourth-order valence-corrected chi connectivity index (χ4v) is 1.84. The van der Waals surface area contributed by atoms with Crippen molar-refractivity contribution in [2.75, 3.05) is 6.61 Å². The average Bonchev–Trinajstić information content (AvgIpc) is 2.30. The Bertz CT molecular complexity index is 176. The van der Waals surface area contributed by atoms with Crippen LogP contribution in [0.1, 0.15) is 19.8 Å². The van der Waals surface area contributed by atoms with Gasteiger partial charge in [-0.15, -0.1) is 0 Å². The minimum absolute atomic E-state index is 0.0197. The standard InChI is InChI=1S/C9H14O2/c1-6-7(2)11-9-8(6)4-3-5-10-9/h7-9H,1,3-5H2,2H3/t7-,8-,9+/m0/s1. The zero-order chi connectivity index (χ0) is 7.84. The highest BCUT2D eigenvalue weighted by atomic mass is 16.7. The van der Waals surface area contributed by atoms with Crippen LogP contribution in [0.15, 0.2) is 12.2 Å². The summed E-state index contributed by atoms with van der Waals surface area (Å²) >= 11 is 0. The smallest absolute Gasteiger partial charge is 0.164 e. The third-order valence-electron chi connectivity index (χ3n) is 2.61. The maximum atomic E-state index is 5.56. The van der Waals surface area contributed by atoms with Crippen LogP contribution in [0.4, 0.5) is 0 Å². The Morgan fingerprint density at radius 1 is 1.55 bits per heavy atom. The number of rotatable bonds is 0. The van der Waals surface area contributed by atoms with Gasteiger partial charge in [-0.1, -0.05) is 6.58 Å². The molecule has 11 heavy (non-hydrogen) atoms. The first-order chi connectivity index (χ1) is 5.29. The maximum absolute atomic E-state index is 5.56. The summed E-state index contributed by atoms with van der Waals surface area (Å²) in [6.07, 6.45) is 2.55. The predicted octanol–water partition coefficient (Wildman–Crippen LogP) is 1.71. The fraction of sp³-hybridized carbons (Fsp3) is 0.778. The number of ether oxygens (including phenoxy) is 2. The Balaban J connectivity index is 2.11. The molecule has 0 aromatic rings. The average molecular weight is 154 g/mol. The molecule has 3 atom stereocenters.